The molecule has 1 aliphatic rings. The number of nitrogens with two attached hydrogens (primary N) is 1. The summed E-state index contributed by atoms with van der Waals surface area (Å²) in [6.07, 6.45) is -7.09. The lowest BCUT2D eigenvalue weighted by molar-refractivity contribution is -0.386. The Morgan fingerprint density at radius 2 is 1.79 bits per heavy atom. The van der Waals surface area contributed by atoms with Gasteiger partial charge in [0.25, 0.3) is 11.2 Å². The van der Waals surface area contributed by atoms with Gasteiger partial charge in [-0.3, -0.25) is 33.5 Å². The molecule has 1 saturated heterocycles. The van der Waals surface area contributed by atoms with E-state index in [2.05, 4.69) is 32.6 Å². The van der Waals surface area contributed by atoms with Gasteiger partial charge in [0.05, 0.1) is 29.5 Å². The SMILES string of the molecule is CC(OP(=O)(O)OP(=O)(O)OP(=O)(O)OC[C@H]1O[C@@H](n2cnc3c(=O)[nH]c(N)nc32)[C@H](O)[C@@H]1O)c1ccccc1[N+](=O)[O-]. The maximum atomic E-state index is 12.3. The van der Waals surface area contributed by atoms with Crippen molar-refractivity contribution in [1.29, 1.82) is 0 Å². The zero-order valence-electron chi connectivity index (χ0n) is 21.4. The van der Waals surface area contributed by atoms with Crippen LogP contribution in [0.4, 0.5) is 11.6 Å². The molecule has 2 aromatic heterocycles. The Labute approximate surface area is 238 Å². The van der Waals surface area contributed by atoms with E-state index in [0.29, 0.717) is 0 Å². The largest absolute Gasteiger partial charge is 0.490 e. The van der Waals surface area contributed by atoms with Crippen LogP contribution in [0, 0.1) is 10.1 Å². The number of nitrogens with one attached hydrogen (secondary N) is 1. The number of aromatic nitrogens is 4. The van der Waals surface area contributed by atoms with Gasteiger partial charge in [0.2, 0.25) is 5.95 Å². The van der Waals surface area contributed by atoms with Crippen LogP contribution in [0.3, 0.4) is 0 Å². The lowest BCUT2D eigenvalue weighted by Crippen LogP contribution is -2.33. The number of benzene rings is 1. The number of ether oxygens (including phenoxy) is 1. The van der Waals surface area contributed by atoms with Gasteiger partial charge >= 0.3 is 23.5 Å². The molecule has 236 valence electrons. The smallest absolute Gasteiger partial charge is 0.387 e. The number of hydrogen-bond acceptors (Lipinski definition) is 16. The highest BCUT2D eigenvalue weighted by atomic mass is 31.3. The fourth-order valence-corrected chi connectivity index (χ4v) is 7.63. The molecule has 1 aromatic carbocycles. The number of para-hydroxylation sites is 1. The molecule has 22 nitrogen and oxygen atoms in total. The Bertz CT molecular complexity index is 1730. The van der Waals surface area contributed by atoms with E-state index < -0.39 is 76.9 Å². The van der Waals surface area contributed by atoms with Crippen molar-refractivity contribution < 1.29 is 65.9 Å². The minimum absolute atomic E-state index is 0.138. The predicted octanol–water partition coefficient (Wildman–Crippen LogP) is 0.358. The highest BCUT2D eigenvalue weighted by molar-refractivity contribution is 7.66. The summed E-state index contributed by atoms with van der Waals surface area (Å²) >= 11 is 0. The monoisotopic (exact) mass is 672 g/mol. The fraction of sp³-hybridized carbons (Fsp3) is 0.389. The third kappa shape index (κ3) is 7.59. The molecular weight excluding hydrogens is 649 g/mol. The van der Waals surface area contributed by atoms with Crippen LogP contribution in [0.15, 0.2) is 35.4 Å². The number of rotatable bonds is 12. The maximum Gasteiger partial charge on any atom is 0.490 e. The van der Waals surface area contributed by atoms with Gasteiger partial charge in [-0.2, -0.15) is 13.6 Å². The van der Waals surface area contributed by atoms with Crippen molar-refractivity contribution in [2.75, 3.05) is 12.3 Å². The number of aliphatic hydroxyl groups excluding tert-OH is 2. The molecule has 25 heteroatoms. The van der Waals surface area contributed by atoms with Crippen LogP contribution in [-0.4, -0.2) is 74.3 Å². The van der Waals surface area contributed by atoms with E-state index in [1.807, 2.05) is 0 Å². The Kier molecular flexibility index (Phi) is 9.36. The summed E-state index contributed by atoms with van der Waals surface area (Å²) < 4.78 is 60.6. The van der Waals surface area contributed by atoms with E-state index in [4.69, 9.17) is 10.5 Å². The predicted molar refractivity (Wildman–Crippen MR) is 139 cm³/mol. The van der Waals surface area contributed by atoms with Crippen LogP contribution in [0.25, 0.3) is 11.2 Å². The molecule has 8 N–H and O–H groups in total. The molecule has 3 heterocycles. The zero-order valence-corrected chi connectivity index (χ0v) is 24.1. The minimum Gasteiger partial charge on any atom is -0.387 e. The number of phosphoric ester groups is 2. The Hall–Kier alpha value is -2.94. The first-order valence-electron chi connectivity index (χ1n) is 11.6. The molecule has 1 fully saturated rings. The number of nitrogen functional groups attached to an aromatic ring is 1. The molecule has 0 aliphatic carbocycles. The van der Waals surface area contributed by atoms with E-state index in [-0.39, 0.29) is 22.7 Å². The van der Waals surface area contributed by atoms with Crippen LogP contribution in [0.1, 0.15) is 24.8 Å². The summed E-state index contributed by atoms with van der Waals surface area (Å²) in [4.78, 5) is 61.9. The second-order valence-electron chi connectivity index (χ2n) is 8.75. The molecule has 0 radical (unpaired) electrons. The zero-order chi connectivity index (χ0) is 31.9. The summed E-state index contributed by atoms with van der Waals surface area (Å²) in [5.41, 5.74) is 3.77. The summed E-state index contributed by atoms with van der Waals surface area (Å²) in [5.74, 6) is -0.296. The van der Waals surface area contributed by atoms with Gasteiger partial charge in [0.1, 0.15) is 18.3 Å². The average Bonchev–Trinajstić information content (AvgIpc) is 3.41. The van der Waals surface area contributed by atoms with E-state index >= 15 is 0 Å². The number of nitro benzene ring substituents is 1. The van der Waals surface area contributed by atoms with Crippen molar-refractivity contribution in [3.8, 4) is 0 Å². The summed E-state index contributed by atoms with van der Waals surface area (Å²) in [6, 6.07) is 4.90. The maximum absolute atomic E-state index is 12.3. The summed E-state index contributed by atoms with van der Waals surface area (Å²) in [6.45, 7) is 0.0231. The van der Waals surface area contributed by atoms with Gasteiger partial charge in [-0.1, -0.05) is 12.1 Å². The van der Waals surface area contributed by atoms with Gasteiger partial charge in [-0.15, -0.1) is 0 Å². The number of nitrogens with zero attached hydrogens (tertiary/aromatic N) is 4. The molecule has 0 amide bonds. The standard InChI is InChI=1S/C18H23N6O16P3/c1-8(9-4-2-3-5-10(9)24(28)29)38-42(32,33)40-43(34,35)39-41(30,31)36-6-11-13(25)14(26)17(37-11)23-7-20-12-15(23)21-18(19)22-16(12)27/h2-5,7-8,11,13-14,17,25-26H,6H2,1H3,(H,30,31)(H,32,33)(H,34,35)(H3,19,21,22,27)/t8?,11-,13-,14-,17-/m1/s1. The number of phosphoric acid groups is 3. The number of fused-ring (bicyclic) bond motifs is 1. The van der Waals surface area contributed by atoms with Crippen LogP contribution in [0.2, 0.25) is 0 Å². The first-order valence-corrected chi connectivity index (χ1v) is 16.1. The van der Waals surface area contributed by atoms with Gasteiger partial charge in [0.15, 0.2) is 17.4 Å². The van der Waals surface area contributed by atoms with E-state index in [1.165, 1.54) is 18.2 Å². The van der Waals surface area contributed by atoms with E-state index in [9.17, 15) is 53.5 Å². The van der Waals surface area contributed by atoms with Crippen molar-refractivity contribution in [2.24, 2.45) is 0 Å². The number of hydrogen-bond donors (Lipinski definition) is 7. The number of aliphatic hydroxyl groups is 2. The first-order chi connectivity index (χ1) is 19.9. The highest BCUT2D eigenvalue weighted by Crippen LogP contribution is 2.68. The van der Waals surface area contributed by atoms with Crippen molar-refractivity contribution in [1.82, 2.24) is 19.5 Å². The van der Waals surface area contributed by atoms with Gasteiger partial charge < -0.3 is 35.4 Å². The fourth-order valence-electron chi connectivity index (χ4n) is 3.97. The van der Waals surface area contributed by atoms with Crippen LogP contribution >= 0.6 is 23.5 Å². The highest BCUT2D eigenvalue weighted by Gasteiger charge is 2.47. The van der Waals surface area contributed by atoms with Crippen molar-refractivity contribution in [3.05, 3.63) is 56.6 Å². The van der Waals surface area contributed by atoms with Crippen LogP contribution in [-0.2, 0) is 36.1 Å². The Morgan fingerprint density at radius 3 is 2.47 bits per heavy atom. The second kappa shape index (κ2) is 12.2. The number of anilines is 1. The third-order valence-corrected chi connectivity index (χ3v) is 10.1. The molecule has 8 atom stereocenters. The Morgan fingerprint density at radius 1 is 1.14 bits per heavy atom. The number of imidazole rings is 1. The quantitative estimate of drug-likeness (QED) is 0.0775. The summed E-state index contributed by atoms with van der Waals surface area (Å²) in [7, 11) is -17.1. The molecule has 4 rings (SSSR count). The number of nitro groups is 1. The van der Waals surface area contributed by atoms with Crippen LogP contribution in [0.5, 0.6) is 0 Å². The Balaban J connectivity index is 1.39. The van der Waals surface area contributed by atoms with Crippen LogP contribution < -0.4 is 11.3 Å². The van der Waals surface area contributed by atoms with Crippen molar-refractivity contribution >= 4 is 46.3 Å². The number of H-pyrrole nitrogens is 1. The molecule has 0 bridgehead atoms. The molecular formula is C18H23N6O16P3. The van der Waals surface area contributed by atoms with E-state index in [0.717, 1.165) is 23.9 Å². The van der Waals surface area contributed by atoms with Crippen molar-refractivity contribution in [3.63, 3.8) is 0 Å². The molecule has 3 aromatic rings. The normalized spacial score (nSPS) is 25.5. The number of aromatic amines is 1. The first kappa shape index (κ1) is 33.0. The lowest BCUT2D eigenvalue weighted by atomic mass is 10.1. The molecule has 0 spiro atoms. The van der Waals surface area contributed by atoms with E-state index in [1.54, 1.807) is 0 Å². The third-order valence-electron chi connectivity index (χ3n) is 5.74. The minimum atomic E-state index is -5.92. The molecule has 1 aliphatic heterocycles. The summed E-state index contributed by atoms with van der Waals surface area (Å²) in [5, 5.41) is 32.0. The van der Waals surface area contributed by atoms with Gasteiger partial charge in [0, 0.05) is 6.07 Å². The molecule has 43 heavy (non-hydrogen) atoms. The molecule has 0 saturated carbocycles. The lowest BCUT2D eigenvalue weighted by Gasteiger charge is -2.21. The second-order valence-corrected chi connectivity index (χ2v) is 13.3. The van der Waals surface area contributed by atoms with Gasteiger partial charge in [-0.25, -0.2) is 18.7 Å². The van der Waals surface area contributed by atoms with Crippen molar-refractivity contribution in [2.45, 2.75) is 37.6 Å². The topological polar surface area (TPSA) is 331 Å². The average molecular weight is 672 g/mol. The molecule has 4 unspecified atom stereocenters. The van der Waals surface area contributed by atoms with Gasteiger partial charge in [-0.05, 0) is 13.0 Å².